The normalized spacial score (nSPS) is 14.8. The van der Waals surface area contributed by atoms with Crippen LogP contribution >= 0.6 is 0 Å². The van der Waals surface area contributed by atoms with Crippen molar-refractivity contribution in [2.45, 2.75) is 64.2 Å². The lowest BCUT2D eigenvalue weighted by molar-refractivity contribution is -0.140. The summed E-state index contributed by atoms with van der Waals surface area (Å²) >= 11 is 0. The van der Waals surface area contributed by atoms with E-state index in [-0.39, 0.29) is 5.97 Å². The number of carbonyl (C=O) groups is 2. The number of esters is 1. The van der Waals surface area contributed by atoms with Crippen molar-refractivity contribution in [2.24, 2.45) is 0 Å². The van der Waals surface area contributed by atoms with E-state index in [1.807, 2.05) is 0 Å². The highest BCUT2D eigenvalue weighted by Crippen LogP contribution is 2.38. The van der Waals surface area contributed by atoms with Gasteiger partial charge in [-0.1, -0.05) is 91.9 Å². The van der Waals surface area contributed by atoms with Crippen LogP contribution in [0.2, 0.25) is 0 Å². The summed E-state index contributed by atoms with van der Waals surface area (Å²) in [4.78, 5) is 26.0. The van der Waals surface area contributed by atoms with E-state index in [1.165, 1.54) is 40.5 Å². The number of ether oxygens (including phenoxy) is 1. The lowest BCUT2D eigenvalue weighted by Crippen LogP contribution is -2.36. The van der Waals surface area contributed by atoms with Gasteiger partial charge in [0.25, 0.3) is 0 Å². The average Bonchev–Trinajstić information content (AvgIpc) is 3.07. The van der Waals surface area contributed by atoms with Crippen molar-refractivity contribution in [3.8, 4) is 0 Å². The number of rotatable bonds is 9. The molecule has 2 aliphatic rings. The van der Waals surface area contributed by atoms with Gasteiger partial charge in [0.05, 0.1) is 7.11 Å². The molecule has 0 N–H and O–H groups in total. The van der Waals surface area contributed by atoms with Crippen LogP contribution in [0.4, 0.5) is 0 Å². The van der Waals surface area contributed by atoms with E-state index in [4.69, 9.17) is 0 Å². The van der Waals surface area contributed by atoms with Gasteiger partial charge in [-0.2, -0.15) is 0 Å². The molecule has 0 radical (unpaired) electrons. The van der Waals surface area contributed by atoms with Crippen LogP contribution < -0.4 is 0 Å². The molecule has 35 heavy (non-hydrogen) atoms. The van der Waals surface area contributed by atoms with Crippen molar-refractivity contribution in [3.63, 3.8) is 0 Å². The Hall–Kier alpha value is -3.14. The first-order valence-corrected chi connectivity index (χ1v) is 13.1. The van der Waals surface area contributed by atoms with Gasteiger partial charge in [-0.15, -0.1) is 0 Å². The van der Waals surface area contributed by atoms with Crippen LogP contribution in [0.3, 0.4) is 0 Å². The van der Waals surface area contributed by atoms with Gasteiger partial charge in [-0.05, 0) is 53.5 Å². The van der Waals surface area contributed by atoms with Crippen molar-refractivity contribution in [1.29, 1.82) is 0 Å². The number of fused-ring (bicyclic) bond motifs is 2. The number of hydrogen-bond acceptors (Lipinski definition) is 3. The summed E-state index contributed by atoms with van der Waals surface area (Å²) < 4.78 is 4.67. The number of amides is 1. The molecule has 0 aromatic heterocycles. The summed E-state index contributed by atoms with van der Waals surface area (Å²) in [6.45, 7) is 1.62. The number of benzene rings is 2. The third-order valence-electron chi connectivity index (χ3n) is 7.23. The third-order valence-corrected chi connectivity index (χ3v) is 7.23. The predicted molar refractivity (Wildman–Crippen MR) is 143 cm³/mol. The molecule has 0 bridgehead atoms. The topological polar surface area (TPSA) is 46.6 Å². The second-order valence-corrected chi connectivity index (χ2v) is 9.56. The van der Waals surface area contributed by atoms with Crippen molar-refractivity contribution in [1.82, 2.24) is 4.90 Å². The molecule has 0 unspecified atom stereocenters. The van der Waals surface area contributed by atoms with E-state index in [1.54, 1.807) is 0 Å². The fraction of sp³-hybridized carbons (Fsp3) is 0.419. The number of carbonyl (C=O) groups excluding carboxylic acids is 2. The molecular formula is C31H37NO3. The molecule has 0 spiro atoms. The Morgan fingerprint density at radius 2 is 1.26 bits per heavy atom. The molecule has 0 saturated carbocycles. The lowest BCUT2D eigenvalue weighted by atomic mass is 9.86. The number of hydrogen-bond donors (Lipinski definition) is 0. The highest BCUT2D eigenvalue weighted by atomic mass is 16.5. The standard InChI is InChI=1S/C31H37NO3/c1-35-30(34)17-7-5-3-2-4-6-16-29(33)32-22-20-26(21-23-32)31-27-14-10-8-12-24(27)18-19-25-13-9-11-15-28(25)31/h8-15,18-19H,2-7,16-17,20-23H2,1H3. The maximum Gasteiger partial charge on any atom is 0.305 e. The summed E-state index contributed by atoms with van der Waals surface area (Å²) in [7, 11) is 1.44. The van der Waals surface area contributed by atoms with Crippen molar-refractivity contribution in [3.05, 3.63) is 76.4 Å². The van der Waals surface area contributed by atoms with Gasteiger partial charge in [0, 0.05) is 25.9 Å². The van der Waals surface area contributed by atoms with Crippen molar-refractivity contribution >= 4 is 29.6 Å². The van der Waals surface area contributed by atoms with Crippen molar-refractivity contribution in [2.75, 3.05) is 20.2 Å². The Balaban J connectivity index is 1.29. The zero-order valence-corrected chi connectivity index (χ0v) is 20.9. The van der Waals surface area contributed by atoms with Crippen LogP contribution in [-0.2, 0) is 14.3 Å². The number of nitrogens with zero attached hydrogens (tertiary/aromatic N) is 1. The zero-order chi connectivity index (χ0) is 24.5. The third kappa shape index (κ3) is 6.50. The SMILES string of the molecule is COC(=O)CCCCCCCCC(=O)N1CCC(=C2c3ccccc3C=Cc3ccccc32)CC1. The van der Waals surface area contributed by atoms with E-state index in [0.29, 0.717) is 18.7 Å². The van der Waals surface area contributed by atoms with E-state index in [9.17, 15) is 9.59 Å². The van der Waals surface area contributed by atoms with Gasteiger partial charge in [0.2, 0.25) is 5.91 Å². The molecule has 4 rings (SSSR count). The summed E-state index contributed by atoms with van der Waals surface area (Å²) in [6, 6.07) is 17.3. The van der Waals surface area contributed by atoms with Crippen LogP contribution in [-0.4, -0.2) is 37.0 Å². The molecule has 1 heterocycles. The number of likely N-dealkylation sites (tertiary alicyclic amines) is 1. The fourth-order valence-electron chi connectivity index (χ4n) is 5.23. The molecule has 1 saturated heterocycles. The van der Waals surface area contributed by atoms with Crippen LogP contribution in [0.5, 0.6) is 0 Å². The summed E-state index contributed by atoms with van der Waals surface area (Å²) in [5.41, 5.74) is 7.94. The molecule has 1 amide bonds. The van der Waals surface area contributed by atoms with Gasteiger partial charge < -0.3 is 9.64 Å². The second kappa shape index (κ2) is 12.5. The Kier molecular flexibility index (Phi) is 8.94. The van der Waals surface area contributed by atoms with Crippen LogP contribution in [0.25, 0.3) is 17.7 Å². The quantitative estimate of drug-likeness (QED) is 0.252. The minimum Gasteiger partial charge on any atom is -0.469 e. The Bertz CT molecular complexity index is 1040. The molecule has 1 aliphatic carbocycles. The van der Waals surface area contributed by atoms with Gasteiger partial charge in [0.1, 0.15) is 0 Å². The monoisotopic (exact) mass is 471 g/mol. The summed E-state index contributed by atoms with van der Waals surface area (Å²) in [5.74, 6) is 0.170. The first-order chi connectivity index (χ1) is 17.2. The second-order valence-electron chi connectivity index (χ2n) is 9.56. The predicted octanol–water partition coefficient (Wildman–Crippen LogP) is 6.89. The van der Waals surface area contributed by atoms with Crippen LogP contribution in [0.15, 0.2) is 54.1 Å². The first-order valence-electron chi connectivity index (χ1n) is 13.1. The largest absolute Gasteiger partial charge is 0.469 e. The average molecular weight is 472 g/mol. The smallest absolute Gasteiger partial charge is 0.305 e. The van der Waals surface area contributed by atoms with Gasteiger partial charge >= 0.3 is 5.97 Å². The Labute approximate surface area is 209 Å². The summed E-state index contributed by atoms with van der Waals surface area (Å²) in [5, 5.41) is 0. The molecule has 1 fully saturated rings. The van der Waals surface area contributed by atoms with Crippen LogP contribution in [0.1, 0.15) is 86.5 Å². The Morgan fingerprint density at radius 3 is 1.83 bits per heavy atom. The highest BCUT2D eigenvalue weighted by molar-refractivity contribution is 5.95. The number of unbranched alkanes of at least 4 members (excludes halogenated alkanes) is 5. The maximum atomic E-state index is 12.8. The minimum atomic E-state index is -0.125. The highest BCUT2D eigenvalue weighted by Gasteiger charge is 2.24. The number of methoxy groups -OCH3 is 1. The van der Waals surface area contributed by atoms with Gasteiger partial charge in [0.15, 0.2) is 0 Å². The van der Waals surface area contributed by atoms with E-state index in [0.717, 1.165) is 64.5 Å². The molecule has 2 aromatic rings. The number of piperidine rings is 1. The molecule has 184 valence electrons. The van der Waals surface area contributed by atoms with E-state index in [2.05, 4.69) is 70.3 Å². The van der Waals surface area contributed by atoms with Crippen molar-refractivity contribution < 1.29 is 14.3 Å². The van der Waals surface area contributed by atoms with Gasteiger partial charge in [-0.25, -0.2) is 0 Å². The summed E-state index contributed by atoms with van der Waals surface area (Å²) in [6.07, 6.45) is 13.7. The molecular weight excluding hydrogens is 434 g/mol. The molecule has 1 aliphatic heterocycles. The first kappa shape index (κ1) is 25.0. The molecule has 4 nitrogen and oxygen atoms in total. The minimum absolute atomic E-state index is 0.125. The van der Waals surface area contributed by atoms with E-state index >= 15 is 0 Å². The van der Waals surface area contributed by atoms with E-state index < -0.39 is 0 Å². The molecule has 0 atom stereocenters. The lowest BCUT2D eigenvalue weighted by Gasteiger charge is -2.31. The molecule has 2 aromatic carbocycles. The molecule has 4 heteroatoms. The van der Waals surface area contributed by atoms with Crippen LogP contribution in [0, 0.1) is 0 Å². The maximum absolute atomic E-state index is 12.8. The fourth-order valence-corrected chi connectivity index (χ4v) is 5.23. The zero-order valence-electron chi connectivity index (χ0n) is 20.9. The van der Waals surface area contributed by atoms with Gasteiger partial charge in [-0.3, -0.25) is 9.59 Å². The Morgan fingerprint density at radius 1 is 0.743 bits per heavy atom.